The maximum Gasteiger partial charge on any atom is 0.239 e. The molecule has 0 aliphatic rings. The van der Waals surface area contributed by atoms with Crippen molar-refractivity contribution < 1.29 is 9.59 Å². The second-order valence-corrected chi connectivity index (χ2v) is 6.82. The molecule has 0 bridgehead atoms. The number of nitrogens with one attached hydrogen (secondary N) is 2. The summed E-state index contributed by atoms with van der Waals surface area (Å²) in [6, 6.07) is 14.6. The van der Waals surface area contributed by atoms with Crippen LogP contribution in [0.25, 0.3) is 0 Å². The van der Waals surface area contributed by atoms with Gasteiger partial charge in [0.05, 0.1) is 0 Å². The van der Waals surface area contributed by atoms with Crippen molar-refractivity contribution in [3.8, 4) is 0 Å². The normalized spacial score (nSPS) is 11.0. The van der Waals surface area contributed by atoms with E-state index in [0.717, 1.165) is 10.0 Å². The standard InChI is InChI=1S/C18H19BrN2O2/c1-12-4-8-14(9-5-12)20-16(22)18(2,3)17(23)21-15-10-6-13(19)7-11-15/h4-11H,1-3H3,(H,20,22)(H,21,23). The number of rotatable bonds is 4. The van der Waals surface area contributed by atoms with Gasteiger partial charge in [0.15, 0.2) is 0 Å². The van der Waals surface area contributed by atoms with Crippen LogP contribution in [0.4, 0.5) is 11.4 Å². The average molecular weight is 375 g/mol. The topological polar surface area (TPSA) is 58.2 Å². The van der Waals surface area contributed by atoms with Crippen LogP contribution in [0, 0.1) is 12.3 Å². The fourth-order valence-corrected chi connectivity index (χ4v) is 2.11. The zero-order valence-corrected chi connectivity index (χ0v) is 14.9. The molecule has 0 aliphatic heterocycles. The van der Waals surface area contributed by atoms with Gasteiger partial charge in [0.2, 0.25) is 11.8 Å². The van der Waals surface area contributed by atoms with Crippen molar-refractivity contribution in [1.82, 2.24) is 0 Å². The van der Waals surface area contributed by atoms with Crippen molar-refractivity contribution in [3.63, 3.8) is 0 Å². The fraction of sp³-hybridized carbons (Fsp3) is 0.222. The molecule has 0 atom stereocenters. The van der Waals surface area contributed by atoms with Crippen LogP contribution < -0.4 is 10.6 Å². The summed E-state index contributed by atoms with van der Waals surface area (Å²) in [5, 5.41) is 5.54. The molecule has 0 aliphatic carbocycles. The molecule has 0 saturated carbocycles. The molecule has 0 spiro atoms. The minimum absolute atomic E-state index is 0.351. The van der Waals surface area contributed by atoms with E-state index in [2.05, 4.69) is 26.6 Å². The number of amides is 2. The van der Waals surface area contributed by atoms with E-state index in [1.54, 1.807) is 26.0 Å². The number of benzene rings is 2. The van der Waals surface area contributed by atoms with E-state index in [4.69, 9.17) is 0 Å². The van der Waals surface area contributed by atoms with Crippen molar-refractivity contribution in [3.05, 3.63) is 58.6 Å². The molecule has 120 valence electrons. The van der Waals surface area contributed by atoms with Crippen LogP contribution in [0.3, 0.4) is 0 Å². The first kappa shape index (κ1) is 17.2. The van der Waals surface area contributed by atoms with Gasteiger partial charge in [-0.1, -0.05) is 33.6 Å². The van der Waals surface area contributed by atoms with Crippen LogP contribution in [-0.4, -0.2) is 11.8 Å². The van der Waals surface area contributed by atoms with E-state index < -0.39 is 5.41 Å². The number of aryl methyl sites for hydroxylation is 1. The largest absolute Gasteiger partial charge is 0.325 e. The summed E-state index contributed by atoms with van der Waals surface area (Å²) in [4.78, 5) is 24.8. The molecule has 0 heterocycles. The first-order valence-electron chi connectivity index (χ1n) is 7.24. The first-order valence-corrected chi connectivity index (χ1v) is 8.03. The van der Waals surface area contributed by atoms with E-state index in [1.165, 1.54) is 0 Å². The number of halogens is 1. The SMILES string of the molecule is Cc1ccc(NC(=O)C(C)(C)C(=O)Nc2ccc(Br)cc2)cc1. The van der Waals surface area contributed by atoms with Gasteiger partial charge in [-0.2, -0.15) is 0 Å². The van der Waals surface area contributed by atoms with E-state index in [9.17, 15) is 9.59 Å². The highest BCUT2D eigenvalue weighted by molar-refractivity contribution is 9.10. The third-order valence-electron chi connectivity index (χ3n) is 3.55. The Hall–Kier alpha value is -2.14. The molecule has 2 aromatic carbocycles. The van der Waals surface area contributed by atoms with Gasteiger partial charge in [0.25, 0.3) is 0 Å². The molecule has 23 heavy (non-hydrogen) atoms. The lowest BCUT2D eigenvalue weighted by Crippen LogP contribution is -2.41. The highest BCUT2D eigenvalue weighted by Crippen LogP contribution is 2.22. The maximum absolute atomic E-state index is 12.4. The van der Waals surface area contributed by atoms with E-state index in [0.29, 0.717) is 11.4 Å². The van der Waals surface area contributed by atoms with Gasteiger partial charge < -0.3 is 10.6 Å². The van der Waals surface area contributed by atoms with E-state index >= 15 is 0 Å². The van der Waals surface area contributed by atoms with Crippen molar-refractivity contribution in [2.75, 3.05) is 10.6 Å². The van der Waals surface area contributed by atoms with Gasteiger partial charge >= 0.3 is 0 Å². The third kappa shape index (κ3) is 4.42. The molecule has 0 unspecified atom stereocenters. The van der Waals surface area contributed by atoms with Gasteiger partial charge in [0.1, 0.15) is 5.41 Å². The minimum atomic E-state index is -1.20. The summed E-state index contributed by atoms with van der Waals surface area (Å²) < 4.78 is 0.923. The Morgan fingerprint density at radius 3 is 1.65 bits per heavy atom. The molecule has 5 heteroatoms. The molecule has 0 aromatic heterocycles. The van der Waals surface area contributed by atoms with E-state index in [1.807, 2.05) is 43.3 Å². The molecule has 2 amide bonds. The minimum Gasteiger partial charge on any atom is -0.325 e. The molecule has 2 N–H and O–H groups in total. The maximum atomic E-state index is 12.4. The van der Waals surface area contributed by atoms with Crippen molar-refractivity contribution in [1.29, 1.82) is 0 Å². The first-order chi connectivity index (χ1) is 10.8. The quantitative estimate of drug-likeness (QED) is 0.780. The van der Waals surface area contributed by atoms with E-state index in [-0.39, 0.29) is 11.8 Å². The van der Waals surface area contributed by atoms with Gasteiger partial charge in [-0.25, -0.2) is 0 Å². The fourth-order valence-electron chi connectivity index (χ4n) is 1.85. The molecular formula is C18H19BrN2O2. The Balaban J connectivity index is 2.06. The molecule has 0 radical (unpaired) electrons. The summed E-state index contributed by atoms with van der Waals surface area (Å²) in [5.74, 6) is -0.708. The summed E-state index contributed by atoms with van der Waals surface area (Å²) in [6.45, 7) is 5.18. The second-order valence-electron chi connectivity index (χ2n) is 5.91. The number of hydrogen-bond donors (Lipinski definition) is 2. The van der Waals surface area contributed by atoms with Crippen LogP contribution in [0.5, 0.6) is 0 Å². The summed E-state index contributed by atoms with van der Waals surface area (Å²) in [7, 11) is 0. The monoisotopic (exact) mass is 374 g/mol. The lowest BCUT2D eigenvalue weighted by atomic mass is 9.90. The van der Waals surface area contributed by atoms with Gasteiger partial charge in [-0.3, -0.25) is 9.59 Å². The molecular weight excluding hydrogens is 356 g/mol. The summed E-state index contributed by atoms with van der Waals surface area (Å²) in [5.41, 5.74) is 1.23. The Kier molecular flexibility index (Phi) is 5.21. The number of carbonyl (C=O) groups is 2. The number of hydrogen-bond acceptors (Lipinski definition) is 2. The Labute approximate surface area is 144 Å². The van der Waals surface area contributed by atoms with Gasteiger partial charge in [-0.15, -0.1) is 0 Å². The second kappa shape index (κ2) is 6.96. The van der Waals surface area contributed by atoms with Crippen molar-refractivity contribution in [2.24, 2.45) is 5.41 Å². The van der Waals surface area contributed by atoms with Crippen LogP contribution in [0.2, 0.25) is 0 Å². The number of anilines is 2. The summed E-state index contributed by atoms with van der Waals surface area (Å²) in [6.07, 6.45) is 0. The molecule has 0 fully saturated rings. The molecule has 2 aromatic rings. The molecule has 4 nitrogen and oxygen atoms in total. The highest BCUT2D eigenvalue weighted by Gasteiger charge is 2.36. The lowest BCUT2D eigenvalue weighted by molar-refractivity contribution is -0.135. The Bertz CT molecular complexity index is 645. The van der Waals surface area contributed by atoms with Gasteiger partial charge in [0, 0.05) is 15.8 Å². The predicted octanol–water partition coefficient (Wildman–Crippen LogP) is 4.36. The number of carbonyl (C=O) groups excluding carboxylic acids is 2. The van der Waals surface area contributed by atoms with Gasteiger partial charge in [-0.05, 0) is 57.2 Å². The summed E-state index contributed by atoms with van der Waals surface area (Å²) >= 11 is 3.34. The van der Waals surface area contributed by atoms with Crippen LogP contribution in [-0.2, 0) is 9.59 Å². The zero-order chi connectivity index (χ0) is 17.0. The van der Waals surface area contributed by atoms with Crippen molar-refractivity contribution >= 4 is 39.1 Å². The zero-order valence-electron chi connectivity index (χ0n) is 13.3. The van der Waals surface area contributed by atoms with Crippen molar-refractivity contribution in [2.45, 2.75) is 20.8 Å². The smallest absolute Gasteiger partial charge is 0.239 e. The lowest BCUT2D eigenvalue weighted by Gasteiger charge is -2.22. The third-order valence-corrected chi connectivity index (χ3v) is 4.08. The molecule has 0 saturated heterocycles. The average Bonchev–Trinajstić information content (AvgIpc) is 2.51. The Morgan fingerprint density at radius 2 is 1.22 bits per heavy atom. The van der Waals surface area contributed by atoms with Crippen LogP contribution in [0.1, 0.15) is 19.4 Å². The van der Waals surface area contributed by atoms with Crippen LogP contribution in [0.15, 0.2) is 53.0 Å². The Morgan fingerprint density at radius 1 is 0.826 bits per heavy atom. The predicted molar refractivity (Wildman–Crippen MR) is 96.4 cm³/mol. The van der Waals surface area contributed by atoms with Crippen LogP contribution >= 0.6 is 15.9 Å². The molecule has 2 rings (SSSR count). The highest BCUT2D eigenvalue weighted by atomic mass is 79.9.